The SMILES string of the molecule is CCCCCCC(=O)CNC(=O)[C@H](Cc1c[nH]c2ccccc12)NC(=O)OC(C)(C)C. The molecule has 0 fully saturated rings. The van der Waals surface area contributed by atoms with Gasteiger partial charge in [0.2, 0.25) is 5.91 Å². The lowest BCUT2D eigenvalue weighted by atomic mass is 10.0. The van der Waals surface area contributed by atoms with E-state index in [0.29, 0.717) is 6.42 Å². The van der Waals surface area contributed by atoms with Crippen molar-refractivity contribution >= 4 is 28.7 Å². The number of hydrogen-bond acceptors (Lipinski definition) is 4. The van der Waals surface area contributed by atoms with Gasteiger partial charge in [0.05, 0.1) is 6.54 Å². The Morgan fingerprint density at radius 1 is 1.10 bits per heavy atom. The highest BCUT2D eigenvalue weighted by Crippen LogP contribution is 2.19. The first-order valence-corrected chi connectivity index (χ1v) is 11.0. The first-order valence-electron chi connectivity index (χ1n) is 11.0. The number of aromatic nitrogens is 1. The highest BCUT2D eigenvalue weighted by Gasteiger charge is 2.25. The Labute approximate surface area is 184 Å². The first kappa shape index (κ1) is 24.4. The van der Waals surface area contributed by atoms with Gasteiger partial charge in [-0.25, -0.2) is 4.79 Å². The molecule has 7 heteroatoms. The van der Waals surface area contributed by atoms with Crippen LogP contribution in [0.4, 0.5) is 4.79 Å². The Hall–Kier alpha value is -2.83. The average molecular weight is 430 g/mol. The van der Waals surface area contributed by atoms with Crippen LogP contribution in [0.2, 0.25) is 0 Å². The molecule has 0 saturated heterocycles. The molecule has 1 aromatic carbocycles. The number of unbranched alkanes of at least 4 members (excludes halogenated alkanes) is 3. The molecule has 0 unspecified atom stereocenters. The number of Topliss-reactive ketones (excluding diaryl/α,β-unsaturated/α-hetero) is 1. The Bertz CT molecular complexity index is 882. The summed E-state index contributed by atoms with van der Waals surface area (Å²) in [6, 6.07) is 6.91. The normalized spacial score (nSPS) is 12.4. The first-order chi connectivity index (χ1) is 14.7. The number of alkyl carbamates (subject to hydrolysis) is 1. The molecule has 31 heavy (non-hydrogen) atoms. The number of ketones is 1. The van der Waals surface area contributed by atoms with Crippen molar-refractivity contribution in [3.8, 4) is 0 Å². The van der Waals surface area contributed by atoms with Crippen molar-refractivity contribution in [2.45, 2.75) is 77.9 Å². The molecule has 0 radical (unpaired) electrons. The molecule has 170 valence electrons. The van der Waals surface area contributed by atoms with E-state index in [1.807, 2.05) is 30.5 Å². The Balaban J connectivity index is 2.03. The number of carbonyl (C=O) groups is 3. The van der Waals surface area contributed by atoms with E-state index in [0.717, 1.165) is 42.1 Å². The maximum absolute atomic E-state index is 12.8. The molecule has 2 aromatic rings. The predicted octanol–water partition coefficient (Wildman–Crippen LogP) is 4.26. The molecule has 2 rings (SSSR count). The van der Waals surface area contributed by atoms with E-state index < -0.39 is 23.6 Å². The molecular weight excluding hydrogens is 394 g/mol. The van der Waals surface area contributed by atoms with Gasteiger partial charge >= 0.3 is 6.09 Å². The maximum Gasteiger partial charge on any atom is 0.408 e. The predicted molar refractivity (Wildman–Crippen MR) is 122 cm³/mol. The van der Waals surface area contributed by atoms with Gasteiger partial charge in [0.25, 0.3) is 0 Å². The topological polar surface area (TPSA) is 100 Å². The second kappa shape index (κ2) is 11.5. The minimum absolute atomic E-state index is 0.00688. The van der Waals surface area contributed by atoms with Crippen LogP contribution in [0.15, 0.2) is 30.5 Å². The summed E-state index contributed by atoms with van der Waals surface area (Å²) < 4.78 is 5.32. The van der Waals surface area contributed by atoms with Crippen LogP contribution in [-0.2, 0) is 20.7 Å². The van der Waals surface area contributed by atoms with Crippen LogP contribution in [-0.4, -0.2) is 41.0 Å². The number of carbonyl (C=O) groups excluding carboxylic acids is 3. The van der Waals surface area contributed by atoms with Gasteiger partial charge in [-0.05, 0) is 38.8 Å². The van der Waals surface area contributed by atoms with Crippen LogP contribution in [0, 0.1) is 0 Å². The lowest BCUT2D eigenvalue weighted by Gasteiger charge is -2.23. The fourth-order valence-corrected chi connectivity index (χ4v) is 3.33. The smallest absolute Gasteiger partial charge is 0.408 e. The van der Waals surface area contributed by atoms with Crippen LogP contribution in [0.3, 0.4) is 0 Å². The third-order valence-corrected chi connectivity index (χ3v) is 4.88. The number of H-pyrrole nitrogens is 1. The van der Waals surface area contributed by atoms with Crippen LogP contribution >= 0.6 is 0 Å². The van der Waals surface area contributed by atoms with Crippen molar-refractivity contribution < 1.29 is 19.1 Å². The van der Waals surface area contributed by atoms with Gasteiger partial charge in [-0.3, -0.25) is 9.59 Å². The van der Waals surface area contributed by atoms with E-state index >= 15 is 0 Å². The molecule has 1 atom stereocenters. The van der Waals surface area contributed by atoms with E-state index in [-0.39, 0.29) is 18.7 Å². The van der Waals surface area contributed by atoms with Crippen LogP contribution in [0.1, 0.15) is 65.4 Å². The van der Waals surface area contributed by atoms with Crippen molar-refractivity contribution in [1.82, 2.24) is 15.6 Å². The number of rotatable bonds is 11. The lowest BCUT2D eigenvalue weighted by Crippen LogP contribution is -2.50. The number of ether oxygens (including phenoxy) is 1. The van der Waals surface area contributed by atoms with Crippen molar-refractivity contribution in [2.24, 2.45) is 0 Å². The van der Waals surface area contributed by atoms with Gasteiger partial charge in [0.15, 0.2) is 5.78 Å². The summed E-state index contributed by atoms with van der Waals surface area (Å²) in [7, 11) is 0. The molecule has 0 aliphatic heterocycles. The highest BCUT2D eigenvalue weighted by atomic mass is 16.6. The number of amides is 2. The standard InChI is InChI=1S/C24H35N3O4/c1-5-6-7-8-11-18(28)16-26-22(29)21(27-23(30)31-24(2,3)4)14-17-15-25-20-13-10-9-12-19(17)20/h9-10,12-13,15,21,25H,5-8,11,14,16H2,1-4H3,(H,26,29)(H,27,30)/t21-/m0/s1. The number of hydrogen-bond donors (Lipinski definition) is 3. The van der Waals surface area contributed by atoms with Gasteiger partial charge in [0.1, 0.15) is 11.6 Å². The third-order valence-electron chi connectivity index (χ3n) is 4.88. The third kappa shape index (κ3) is 8.44. The summed E-state index contributed by atoms with van der Waals surface area (Å²) in [5.41, 5.74) is 1.18. The molecule has 0 saturated carbocycles. The number of fused-ring (bicyclic) bond motifs is 1. The van der Waals surface area contributed by atoms with Crippen molar-refractivity contribution in [3.05, 3.63) is 36.0 Å². The molecule has 0 aliphatic carbocycles. The van der Waals surface area contributed by atoms with E-state index in [2.05, 4.69) is 22.5 Å². The van der Waals surface area contributed by atoms with Gasteiger partial charge in [0, 0.05) is 29.9 Å². The molecule has 7 nitrogen and oxygen atoms in total. The molecular formula is C24H35N3O4. The largest absolute Gasteiger partial charge is 0.444 e. The maximum atomic E-state index is 12.8. The fourth-order valence-electron chi connectivity index (χ4n) is 3.33. The van der Waals surface area contributed by atoms with Crippen LogP contribution < -0.4 is 10.6 Å². The second-order valence-corrected chi connectivity index (χ2v) is 8.83. The van der Waals surface area contributed by atoms with Crippen molar-refractivity contribution in [2.75, 3.05) is 6.54 Å². The summed E-state index contributed by atoms with van der Waals surface area (Å²) in [6.07, 6.45) is 5.95. The van der Waals surface area contributed by atoms with E-state index in [1.54, 1.807) is 20.8 Å². The zero-order valence-corrected chi connectivity index (χ0v) is 19.0. The number of para-hydroxylation sites is 1. The van der Waals surface area contributed by atoms with E-state index in [1.165, 1.54) is 0 Å². The summed E-state index contributed by atoms with van der Waals surface area (Å²) in [5.74, 6) is -0.411. The Kier molecular flexibility index (Phi) is 9.09. The summed E-state index contributed by atoms with van der Waals surface area (Å²) >= 11 is 0. The summed E-state index contributed by atoms with van der Waals surface area (Å²) in [4.78, 5) is 40.4. The molecule has 0 bridgehead atoms. The number of aromatic amines is 1. The van der Waals surface area contributed by atoms with Gasteiger partial charge in [-0.15, -0.1) is 0 Å². The minimum atomic E-state index is -0.859. The zero-order valence-electron chi connectivity index (χ0n) is 19.0. The Morgan fingerprint density at radius 2 is 1.84 bits per heavy atom. The second-order valence-electron chi connectivity index (χ2n) is 8.83. The number of nitrogens with one attached hydrogen (secondary N) is 3. The van der Waals surface area contributed by atoms with Crippen LogP contribution in [0.25, 0.3) is 10.9 Å². The lowest BCUT2D eigenvalue weighted by molar-refractivity contribution is -0.126. The Morgan fingerprint density at radius 3 is 2.55 bits per heavy atom. The molecule has 3 N–H and O–H groups in total. The quantitative estimate of drug-likeness (QED) is 0.465. The monoisotopic (exact) mass is 429 g/mol. The van der Waals surface area contributed by atoms with Crippen molar-refractivity contribution in [1.29, 1.82) is 0 Å². The zero-order chi connectivity index (χ0) is 22.9. The summed E-state index contributed by atoms with van der Waals surface area (Å²) in [6.45, 7) is 7.37. The van der Waals surface area contributed by atoms with E-state index in [4.69, 9.17) is 4.74 Å². The fraction of sp³-hybridized carbons (Fsp3) is 0.542. The summed E-state index contributed by atoms with van der Waals surface area (Å²) in [5, 5.41) is 6.33. The molecule has 0 aliphatic rings. The molecule has 1 aromatic heterocycles. The van der Waals surface area contributed by atoms with Gasteiger partial charge in [-0.1, -0.05) is 44.4 Å². The molecule has 1 heterocycles. The average Bonchev–Trinajstić information content (AvgIpc) is 3.10. The minimum Gasteiger partial charge on any atom is -0.444 e. The van der Waals surface area contributed by atoms with Crippen molar-refractivity contribution in [3.63, 3.8) is 0 Å². The van der Waals surface area contributed by atoms with Crippen LogP contribution in [0.5, 0.6) is 0 Å². The van der Waals surface area contributed by atoms with Gasteiger partial charge in [-0.2, -0.15) is 0 Å². The van der Waals surface area contributed by atoms with Gasteiger partial charge < -0.3 is 20.4 Å². The molecule has 0 spiro atoms. The highest BCUT2D eigenvalue weighted by molar-refractivity contribution is 5.91. The number of benzene rings is 1. The molecule has 2 amide bonds. The van der Waals surface area contributed by atoms with E-state index in [9.17, 15) is 14.4 Å².